The van der Waals surface area contributed by atoms with Crippen LogP contribution >= 0.6 is 12.1 Å². The van der Waals surface area contributed by atoms with Gasteiger partial charge in [-0.1, -0.05) is 5.16 Å². The van der Waals surface area contributed by atoms with Gasteiger partial charge in [-0.25, -0.2) is 8.61 Å². The van der Waals surface area contributed by atoms with Crippen LogP contribution in [0.25, 0.3) is 0 Å². The number of rotatable bonds is 5. The molecule has 3 fully saturated rings. The molecular weight excluding hydrogens is 362 g/mol. The zero-order valence-electron chi connectivity index (χ0n) is 16.5. The number of hydrogen-bond donors (Lipinski definition) is 2. The van der Waals surface area contributed by atoms with E-state index in [2.05, 4.69) is 45.2 Å². The highest BCUT2D eigenvalue weighted by Gasteiger charge is 2.33. The van der Waals surface area contributed by atoms with E-state index in [-0.39, 0.29) is 17.5 Å². The molecule has 7 nitrogen and oxygen atoms in total. The second kappa shape index (κ2) is 7.73. The summed E-state index contributed by atoms with van der Waals surface area (Å²) in [5.74, 6) is 1.24. The van der Waals surface area contributed by atoms with E-state index in [1.165, 1.54) is 0 Å². The molecule has 2 aliphatic heterocycles. The van der Waals surface area contributed by atoms with E-state index in [1.54, 1.807) is 0 Å². The monoisotopic (exact) mass is 393 g/mol. The Balaban J connectivity index is 1.26. The fraction of sp³-hybridized carbons (Fsp3) is 0.789. The van der Waals surface area contributed by atoms with Crippen LogP contribution in [0.15, 0.2) is 10.6 Å². The molecule has 2 N–H and O–H groups in total. The molecule has 1 amide bonds. The number of piperidine rings is 1. The fourth-order valence-corrected chi connectivity index (χ4v) is 5.22. The van der Waals surface area contributed by atoms with Crippen LogP contribution in [0.3, 0.4) is 0 Å². The minimum Gasteiger partial charge on any atom is -0.360 e. The van der Waals surface area contributed by atoms with E-state index in [0.29, 0.717) is 17.7 Å². The zero-order chi connectivity index (χ0) is 19.0. The first kappa shape index (κ1) is 19.2. The third-order valence-corrected chi connectivity index (χ3v) is 6.94. The van der Waals surface area contributed by atoms with Crippen LogP contribution in [0.1, 0.15) is 68.6 Å². The average molecular weight is 394 g/mol. The molecule has 8 heteroatoms. The molecular formula is C19H31N5O2S. The van der Waals surface area contributed by atoms with Gasteiger partial charge in [0.25, 0.3) is 5.91 Å². The summed E-state index contributed by atoms with van der Waals surface area (Å²) in [6.45, 7) is 10.9. The van der Waals surface area contributed by atoms with Gasteiger partial charge in [-0.05, 0) is 46.5 Å². The van der Waals surface area contributed by atoms with Gasteiger partial charge < -0.3 is 15.2 Å². The number of carbonyl (C=O) groups is 1. The van der Waals surface area contributed by atoms with E-state index in [4.69, 9.17) is 4.52 Å². The molecule has 1 saturated carbocycles. The third-order valence-electron chi connectivity index (χ3n) is 5.65. The number of carbonyl (C=O) groups excluding carboxylic acids is 1. The molecule has 0 radical (unpaired) electrons. The maximum atomic E-state index is 12.5. The van der Waals surface area contributed by atoms with E-state index >= 15 is 0 Å². The Morgan fingerprint density at radius 2 is 2.19 bits per heavy atom. The molecule has 4 rings (SSSR count). The number of piperazine rings is 1. The second-order valence-electron chi connectivity index (χ2n) is 8.83. The van der Waals surface area contributed by atoms with Crippen LogP contribution in [-0.4, -0.2) is 63.5 Å². The number of nitrogens with one attached hydrogen (secondary N) is 2. The van der Waals surface area contributed by atoms with Crippen molar-refractivity contribution in [2.45, 2.75) is 70.0 Å². The van der Waals surface area contributed by atoms with Crippen molar-refractivity contribution in [2.75, 3.05) is 26.2 Å². The molecule has 150 valence electrons. The Morgan fingerprint density at radius 1 is 1.37 bits per heavy atom. The van der Waals surface area contributed by atoms with Gasteiger partial charge in [-0.3, -0.25) is 4.79 Å². The molecule has 27 heavy (non-hydrogen) atoms. The molecule has 3 aliphatic rings. The van der Waals surface area contributed by atoms with Crippen LogP contribution in [-0.2, 0) is 0 Å². The summed E-state index contributed by atoms with van der Waals surface area (Å²) < 4.78 is 10.2. The van der Waals surface area contributed by atoms with Gasteiger partial charge in [-0.2, -0.15) is 0 Å². The Morgan fingerprint density at radius 3 is 2.89 bits per heavy atom. The van der Waals surface area contributed by atoms with Crippen molar-refractivity contribution in [3.63, 3.8) is 0 Å². The largest absolute Gasteiger partial charge is 0.360 e. The van der Waals surface area contributed by atoms with Crippen molar-refractivity contribution in [1.29, 1.82) is 0 Å². The first-order valence-electron chi connectivity index (χ1n) is 10.1. The fourth-order valence-electron chi connectivity index (χ4n) is 3.93. The summed E-state index contributed by atoms with van der Waals surface area (Å²) >= 11 is 1.87. The SMILES string of the molecule is CC1CC(NC(=O)c2cc(C3CC3)on2)CCN1SN1CCNC(C)(C)C1. The molecule has 2 atom stereocenters. The quantitative estimate of drug-likeness (QED) is 0.744. The van der Waals surface area contributed by atoms with E-state index in [9.17, 15) is 4.79 Å². The maximum Gasteiger partial charge on any atom is 0.273 e. The summed E-state index contributed by atoms with van der Waals surface area (Å²) in [6.07, 6.45) is 4.22. The minimum atomic E-state index is -0.104. The number of aromatic nitrogens is 1. The molecule has 0 aromatic carbocycles. The normalized spacial score (nSPS) is 29.6. The molecule has 0 bridgehead atoms. The van der Waals surface area contributed by atoms with Crippen LogP contribution in [0.5, 0.6) is 0 Å². The lowest BCUT2D eigenvalue weighted by Crippen LogP contribution is -2.56. The lowest BCUT2D eigenvalue weighted by Gasteiger charge is -2.43. The highest BCUT2D eigenvalue weighted by molar-refractivity contribution is 7.94. The lowest BCUT2D eigenvalue weighted by atomic mass is 10.0. The summed E-state index contributed by atoms with van der Waals surface area (Å²) in [5, 5.41) is 10.7. The predicted octanol–water partition coefficient (Wildman–Crippen LogP) is 2.38. The molecule has 0 spiro atoms. The van der Waals surface area contributed by atoms with Gasteiger partial charge in [0.2, 0.25) is 0 Å². The Labute approximate surface area is 165 Å². The molecule has 2 saturated heterocycles. The standard InChI is InChI=1S/C19H31N5O2S/c1-13-10-15(21-18(25)16-11-17(26-22-16)14-4-5-14)6-8-24(13)27-23-9-7-20-19(2,3)12-23/h11,13-15,20H,4-10,12H2,1-3H3,(H,21,25). The van der Waals surface area contributed by atoms with Gasteiger partial charge in [0.1, 0.15) is 5.76 Å². The Bertz CT molecular complexity index is 675. The Hall–Kier alpha value is -1.09. The molecule has 1 aliphatic carbocycles. The topological polar surface area (TPSA) is 73.6 Å². The molecule has 1 aromatic heterocycles. The van der Waals surface area contributed by atoms with Gasteiger partial charge in [-0.15, -0.1) is 0 Å². The lowest BCUT2D eigenvalue weighted by molar-refractivity contribution is 0.0905. The molecule has 3 heterocycles. The number of amides is 1. The minimum absolute atomic E-state index is 0.104. The first-order valence-corrected chi connectivity index (χ1v) is 10.8. The van der Waals surface area contributed by atoms with Crippen molar-refractivity contribution >= 4 is 18.0 Å². The van der Waals surface area contributed by atoms with Crippen molar-refractivity contribution in [3.8, 4) is 0 Å². The summed E-state index contributed by atoms with van der Waals surface area (Å²) in [5.41, 5.74) is 0.585. The Kier molecular flexibility index (Phi) is 5.51. The van der Waals surface area contributed by atoms with Crippen LogP contribution in [0.4, 0.5) is 0 Å². The predicted molar refractivity (Wildman–Crippen MR) is 106 cm³/mol. The maximum absolute atomic E-state index is 12.5. The summed E-state index contributed by atoms with van der Waals surface area (Å²) in [4.78, 5) is 12.5. The van der Waals surface area contributed by atoms with Crippen molar-refractivity contribution < 1.29 is 9.32 Å². The van der Waals surface area contributed by atoms with Crippen molar-refractivity contribution in [3.05, 3.63) is 17.5 Å². The summed E-state index contributed by atoms with van der Waals surface area (Å²) in [7, 11) is 0. The second-order valence-corrected chi connectivity index (χ2v) is 9.98. The molecule has 1 aromatic rings. The van der Waals surface area contributed by atoms with Crippen molar-refractivity contribution in [1.82, 2.24) is 24.4 Å². The van der Waals surface area contributed by atoms with Crippen LogP contribution in [0, 0.1) is 0 Å². The van der Waals surface area contributed by atoms with E-state index in [0.717, 1.165) is 57.6 Å². The zero-order valence-corrected chi connectivity index (χ0v) is 17.3. The molecule has 2 unspecified atom stereocenters. The highest BCUT2D eigenvalue weighted by Crippen LogP contribution is 2.40. The summed E-state index contributed by atoms with van der Waals surface area (Å²) in [6, 6.07) is 2.43. The van der Waals surface area contributed by atoms with E-state index < -0.39 is 0 Å². The van der Waals surface area contributed by atoms with Gasteiger partial charge >= 0.3 is 0 Å². The van der Waals surface area contributed by atoms with E-state index in [1.807, 2.05) is 18.2 Å². The van der Waals surface area contributed by atoms with Crippen LogP contribution < -0.4 is 10.6 Å². The van der Waals surface area contributed by atoms with Crippen molar-refractivity contribution in [2.24, 2.45) is 0 Å². The first-order chi connectivity index (χ1) is 12.9. The van der Waals surface area contributed by atoms with Gasteiger partial charge in [0.15, 0.2) is 5.69 Å². The van der Waals surface area contributed by atoms with Gasteiger partial charge in [0, 0.05) is 67.9 Å². The van der Waals surface area contributed by atoms with Gasteiger partial charge in [0.05, 0.1) is 0 Å². The third kappa shape index (κ3) is 4.85. The number of nitrogens with zero attached hydrogens (tertiary/aromatic N) is 3. The highest BCUT2D eigenvalue weighted by atomic mass is 32.2. The number of hydrogen-bond acceptors (Lipinski definition) is 7. The average Bonchev–Trinajstić information content (AvgIpc) is 3.33. The van der Waals surface area contributed by atoms with Crippen LogP contribution in [0.2, 0.25) is 0 Å². The smallest absolute Gasteiger partial charge is 0.273 e.